The molecule has 3 N–H and O–H groups in total. The monoisotopic (exact) mass is 236 g/mol. The van der Waals surface area contributed by atoms with Crippen molar-refractivity contribution in [1.29, 1.82) is 0 Å². The molecule has 2 rings (SSSR count). The summed E-state index contributed by atoms with van der Waals surface area (Å²) < 4.78 is 0. The number of rotatable bonds is 2. The maximum Gasteiger partial charge on any atom is 0.321 e. The number of fused-ring (bicyclic) bond motifs is 1. The topological polar surface area (TPSA) is 94.8 Å². The average molecular weight is 236 g/mol. The van der Waals surface area contributed by atoms with Crippen LogP contribution < -0.4 is 0 Å². The first-order valence-corrected chi connectivity index (χ1v) is 5.20. The van der Waals surface area contributed by atoms with Crippen LogP contribution in [0.1, 0.15) is 23.7 Å². The minimum Gasteiger partial charge on any atom is -0.480 e. The second-order valence-corrected chi connectivity index (χ2v) is 4.29. The highest BCUT2D eigenvalue weighted by Gasteiger charge is 2.51. The predicted octanol–water partition coefficient (Wildman–Crippen LogP) is 0.822. The maximum atomic E-state index is 11.2. The molecule has 1 atom stereocenters. The van der Waals surface area contributed by atoms with E-state index in [1.807, 2.05) is 0 Å². The van der Waals surface area contributed by atoms with Gasteiger partial charge in [-0.3, -0.25) is 9.59 Å². The molecule has 1 aliphatic rings. The van der Waals surface area contributed by atoms with Gasteiger partial charge in [0.1, 0.15) is 0 Å². The molecule has 5 heteroatoms. The lowest BCUT2D eigenvalue weighted by molar-refractivity contribution is -0.168. The number of aliphatic carboxylic acids is 2. The van der Waals surface area contributed by atoms with Crippen molar-refractivity contribution in [2.75, 3.05) is 0 Å². The molecule has 1 unspecified atom stereocenters. The highest BCUT2D eigenvalue weighted by Crippen LogP contribution is 2.41. The molecule has 1 aliphatic carbocycles. The normalized spacial score (nSPS) is 21.6. The summed E-state index contributed by atoms with van der Waals surface area (Å²) in [7, 11) is 0. The Bertz CT molecular complexity index is 466. The molecule has 0 heterocycles. The summed E-state index contributed by atoms with van der Waals surface area (Å²) in [6.45, 7) is 0. The molecule has 1 aromatic rings. The lowest BCUT2D eigenvalue weighted by atomic mass is 9.70. The maximum absolute atomic E-state index is 11.2. The third-order valence-corrected chi connectivity index (χ3v) is 3.27. The van der Waals surface area contributed by atoms with Crippen LogP contribution >= 0.6 is 0 Å². The predicted molar refractivity (Wildman–Crippen MR) is 57.4 cm³/mol. The lowest BCUT2D eigenvalue weighted by Gasteiger charge is -2.33. The van der Waals surface area contributed by atoms with Crippen LogP contribution in [0.15, 0.2) is 24.3 Å². The standard InChI is InChI=1S/C12H12O5/c13-9-6-12(10(14)15,11(16)17)5-7-3-1-2-4-8(7)9/h1-4,9,13H,5-6H2,(H,14,15)(H,16,17). The highest BCUT2D eigenvalue weighted by molar-refractivity contribution is 5.99. The van der Waals surface area contributed by atoms with Crippen molar-refractivity contribution >= 4 is 11.9 Å². The molecule has 0 radical (unpaired) electrons. The van der Waals surface area contributed by atoms with Gasteiger partial charge in [-0.2, -0.15) is 0 Å². The van der Waals surface area contributed by atoms with Crippen molar-refractivity contribution < 1.29 is 24.9 Å². The second-order valence-electron chi connectivity index (χ2n) is 4.29. The van der Waals surface area contributed by atoms with Crippen molar-refractivity contribution in [3.8, 4) is 0 Å². The van der Waals surface area contributed by atoms with E-state index in [2.05, 4.69) is 0 Å². The number of hydrogen-bond acceptors (Lipinski definition) is 3. The first kappa shape index (κ1) is 11.6. The summed E-state index contributed by atoms with van der Waals surface area (Å²) in [4.78, 5) is 22.4. The van der Waals surface area contributed by atoms with Crippen molar-refractivity contribution in [1.82, 2.24) is 0 Å². The molecule has 0 bridgehead atoms. The van der Waals surface area contributed by atoms with Gasteiger partial charge < -0.3 is 15.3 Å². The largest absolute Gasteiger partial charge is 0.480 e. The lowest BCUT2D eigenvalue weighted by Crippen LogP contribution is -2.45. The van der Waals surface area contributed by atoms with Gasteiger partial charge in [-0.05, 0) is 17.5 Å². The number of hydrogen-bond donors (Lipinski definition) is 3. The van der Waals surface area contributed by atoms with Gasteiger partial charge in [-0.1, -0.05) is 24.3 Å². The number of carboxylic acids is 2. The fraction of sp³-hybridized carbons (Fsp3) is 0.333. The van der Waals surface area contributed by atoms with E-state index in [9.17, 15) is 14.7 Å². The number of carboxylic acid groups (broad SMARTS) is 2. The van der Waals surface area contributed by atoms with Crippen LogP contribution in [-0.2, 0) is 16.0 Å². The Kier molecular flexibility index (Phi) is 2.63. The minimum absolute atomic E-state index is 0.0924. The molecule has 5 nitrogen and oxygen atoms in total. The third-order valence-electron chi connectivity index (χ3n) is 3.27. The van der Waals surface area contributed by atoms with E-state index < -0.39 is 23.5 Å². The molecular weight excluding hydrogens is 224 g/mol. The Balaban J connectivity index is 2.51. The van der Waals surface area contributed by atoms with Crippen molar-refractivity contribution in [3.63, 3.8) is 0 Å². The van der Waals surface area contributed by atoms with Crippen molar-refractivity contribution in [3.05, 3.63) is 35.4 Å². The van der Waals surface area contributed by atoms with Gasteiger partial charge in [0, 0.05) is 6.42 Å². The van der Waals surface area contributed by atoms with Gasteiger partial charge in [0.15, 0.2) is 5.41 Å². The minimum atomic E-state index is -1.92. The fourth-order valence-corrected chi connectivity index (χ4v) is 2.27. The number of aliphatic hydroxyl groups excluding tert-OH is 1. The summed E-state index contributed by atoms with van der Waals surface area (Å²) in [6.07, 6.45) is -1.44. The average Bonchev–Trinajstić information content (AvgIpc) is 2.28. The van der Waals surface area contributed by atoms with Gasteiger partial charge in [0.25, 0.3) is 0 Å². The zero-order valence-electron chi connectivity index (χ0n) is 8.96. The Labute approximate surface area is 97.3 Å². The summed E-state index contributed by atoms with van der Waals surface area (Å²) in [5.41, 5.74) is -0.727. The molecule has 0 aliphatic heterocycles. The molecule has 90 valence electrons. The molecule has 0 fully saturated rings. The molecule has 1 aromatic carbocycles. The van der Waals surface area contributed by atoms with Gasteiger partial charge in [-0.25, -0.2) is 0 Å². The van der Waals surface area contributed by atoms with Crippen LogP contribution in [0.25, 0.3) is 0 Å². The summed E-state index contributed by atoms with van der Waals surface area (Å²) in [6, 6.07) is 6.77. The summed E-state index contributed by atoms with van der Waals surface area (Å²) in [5.74, 6) is -2.81. The van der Waals surface area contributed by atoms with Crippen LogP contribution in [0.3, 0.4) is 0 Å². The molecule has 17 heavy (non-hydrogen) atoms. The Hall–Kier alpha value is -1.88. The SMILES string of the molecule is O=C(O)C1(C(=O)O)Cc2ccccc2C(O)C1. The van der Waals surface area contributed by atoms with Crippen molar-refractivity contribution in [2.45, 2.75) is 18.9 Å². The molecule has 0 spiro atoms. The third kappa shape index (κ3) is 1.68. The Morgan fingerprint density at radius 2 is 1.76 bits per heavy atom. The first-order valence-electron chi connectivity index (χ1n) is 5.20. The van der Waals surface area contributed by atoms with Gasteiger partial charge >= 0.3 is 11.9 Å². The number of aliphatic hydroxyl groups is 1. The first-order chi connectivity index (χ1) is 7.97. The van der Waals surface area contributed by atoms with Gasteiger partial charge in [0.2, 0.25) is 0 Å². The molecule has 0 aromatic heterocycles. The Morgan fingerprint density at radius 1 is 1.18 bits per heavy atom. The molecular formula is C12H12O5. The fourth-order valence-electron chi connectivity index (χ4n) is 2.27. The van der Waals surface area contributed by atoms with E-state index in [0.29, 0.717) is 11.1 Å². The smallest absolute Gasteiger partial charge is 0.321 e. The van der Waals surface area contributed by atoms with E-state index in [1.54, 1.807) is 24.3 Å². The molecule has 0 saturated carbocycles. The zero-order valence-corrected chi connectivity index (χ0v) is 8.96. The van der Waals surface area contributed by atoms with Crippen LogP contribution in [0.2, 0.25) is 0 Å². The quantitative estimate of drug-likeness (QED) is 0.661. The summed E-state index contributed by atoms with van der Waals surface area (Å²) in [5, 5.41) is 28.1. The zero-order chi connectivity index (χ0) is 12.6. The van der Waals surface area contributed by atoms with Crippen LogP contribution in [0.5, 0.6) is 0 Å². The number of benzene rings is 1. The van der Waals surface area contributed by atoms with Crippen molar-refractivity contribution in [2.24, 2.45) is 5.41 Å². The van der Waals surface area contributed by atoms with E-state index in [1.165, 1.54) is 0 Å². The molecule has 0 saturated heterocycles. The van der Waals surface area contributed by atoms with Crippen LogP contribution in [-0.4, -0.2) is 27.3 Å². The van der Waals surface area contributed by atoms with E-state index in [-0.39, 0.29) is 12.8 Å². The van der Waals surface area contributed by atoms with E-state index >= 15 is 0 Å². The Morgan fingerprint density at radius 3 is 2.35 bits per heavy atom. The van der Waals surface area contributed by atoms with Gasteiger partial charge in [0.05, 0.1) is 6.10 Å². The summed E-state index contributed by atoms with van der Waals surface area (Å²) >= 11 is 0. The van der Waals surface area contributed by atoms with E-state index in [0.717, 1.165) is 0 Å². The van der Waals surface area contributed by atoms with Crippen LogP contribution in [0.4, 0.5) is 0 Å². The molecule has 0 amide bonds. The van der Waals surface area contributed by atoms with E-state index in [4.69, 9.17) is 10.2 Å². The second kappa shape index (κ2) is 3.85. The number of carbonyl (C=O) groups is 2. The van der Waals surface area contributed by atoms with Crippen LogP contribution in [0, 0.1) is 5.41 Å². The highest BCUT2D eigenvalue weighted by atomic mass is 16.4. The van der Waals surface area contributed by atoms with Gasteiger partial charge in [-0.15, -0.1) is 0 Å².